The third-order valence-corrected chi connectivity index (χ3v) is 3.54. The van der Waals surface area contributed by atoms with Crippen molar-refractivity contribution < 1.29 is 4.39 Å². The molecule has 0 aliphatic heterocycles. The lowest BCUT2D eigenvalue weighted by Crippen LogP contribution is -1.97. The summed E-state index contributed by atoms with van der Waals surface area (Å²) < 4.78 is 13.6. The van der Waals surface area contributed by atoms with Crippen LogP contribution in [0.4, 0.5) is 4.39 Å². The van der Waals surface area contributed by atoms with E-state index in [9.17, 15) is 4.39 Å². The molecule has 2 heterocycles. The van der Waals surface area contributed by atoms with Crippen molar-refractivity contribution in [2.75, 3.05) is 0 Å². The van der Waals surface area contributed by atoms with Crippen LogP contribution >= 0.6 is 11.3 Å². The zero-order valence-electron chi connectivity index (χ0n) is 9.61. The predicted molar refractivity (Wildman–Crippen MR) is 67.2 cm³/mol. The van der Waals surface area contributed by atoms with Gasteiger partial charge in [-0.25, -0.2) is 9.37 Å². The lowest BCUT2D eigenvalue weighted by atomic mass is 10.2. The van der Waals surface area contributed by atoms with E-state index in [2.05, 4.69) is 16.9 Å². The second kappa shape index (κ2) is 5.33. The summed E-state index contributed by atoms with van der Waals surface area (Å²) >= 11 is 1.43. The largest absolute Gasteiger partial charge is 0.326 e. The molecule has 2 aromatic rings. The maximum atomic E-state index is 13.6. The average Bonchev–Trinajstić information content (AvgIpc) is 2.73. The van der Waals surface area contributed by atoms with Crippen molar-refractivity contribution in [3.63, 3.8) is 0 Å². The number of thiazole rings is 1. The molecule has 3 nitrogen and oxygen atoms in total. The molecule has 0 fully saturated rings. The van der Waals surface area contributed by atoms with Crippen LogP contribution in [0.1, 0.15) is 23.9 Å². The van der Waals surface area contributed by atoms with Crippen molar-refractivity contribution in [3.05, 3.63) is 34.7 Å². The molecule has 2 aromatic heterocycles. The first-order chi connectivity index (χ1) is 8.26. The van der Waals surface area contributed by atoms with Gasteiger partial charge in [-0.3, -0.25) is 4.98 Å². The molecule has 0 aliphatic carbocycles. The Morgan fingerprint density at radius 3 is 2.94 bits per heavy atom. The van der Waals surface area contributed by atoms with Gasteiger partial charge in [-0.15, -0.1) is 11.3 Å². The van der Waals surface area contributed by atoms with Gasteiger partial charge >= 0.3 is 0 Å². The molecule has 0 spiro atoms. The summed E-state index contributed by atoms with van der Waals surface area (Å²) in [4.78, 5) is 9.49. The van der Waals surface area contributed by atoms with Gasteiger partial charge in [0.2, 0.25) is 0 Å². The van der Waals surface area contributed by atoms with Gasteiger partial charge in [0.15, 0.2) is 5.82 Å². The van der Waals surface area contributed by atoms with E-state index in [-0.39, 0.29) is 5.82 Å². The number of aryl methyl sites for hydroxylation is 1. The van der Waals surface area contributed by atoms with Crippen LogP contribution in [-0.4, -0.2) is 9.97 Å². The minimum absolute atomic E-state index is 0.314. The molecule has 2 rings (SSSR count). The van der Waals surface area contributed by atoms with Crippen molar-refractivity contribution in [2.45, 2.75) is 26.3 Å². The van der Waals surface area contributed by atoms with Gasteiger partial charge in [-0.05, 0) is 18.6 Å². The molecule has 0 radical (unpaired) electrons. The van der Waals surface area contributed by atoms with Gasteiger partial charge in [0.05, 0.1) is 5.69 Å². The zero-order chi connectivity index (χ0) is 12.3. The first kappa shape index (κ1) is 12.1. The minimum atomic E-state index is -0.340. The van der Waals surface area contributed by atoms with Gasteiger partial charge < -0.3 is 5.73 Å². The molecule has 17 heavy (non-hydrogen) atoms. The highest BCUT2D eigenvalue weighted by molar-refractivity contribution is 7.15. The Morgan fingerprint density at radius 2 is 2.29 bits per heavy atom. The lowest BCUT2D eigenvalue weighted by molar-refractivity contribution is 0.625. The van der Waals surface area contributed by atoms with Crippen LogP contribution < -0.4 is 5.73 Å². The highest BCUT2D eigenvalue weighted by Crippen LogP contribution is 2.28. The van der Waals surface area contributed by atoms with Crippen molar-refractivity contribution in [3.8, 4) is 10.7 Å². The summed E-state index contributed by atoms with van der Waals surface area (Å²) in [5, 5.41) is 0.618. The van der Waals surface area contributed by atoms with Crippen LogP contribution in [0.3, 0.4) is 0 Å². The van der Waals surface area contributed by atoms with Gasteiger partial charge in [-0.2, -0.15) is 0 Å². The van der Waals surface area contributed by atoms with Crippen molar-refractivity contribution in [1.29, 1.82) is 0 Å². The topological polar surface area (TPSA) is 51.8 Å². The lowest BCUT2D eigenvalue weighted by Gasteiger charge is -1.96. The number of hydrogen-bond acceptors (Lipinski definition) is 4. The van der Waals surface area contributed by atoms with E-state index in [0.29, 0.717) is 17.2 Å². The minimum Gasteiger partial charge on any atom is -0.326 e. The maximum Gasteiger partial charge on any atom is 0.151 e. The van der Waals surface area contributed by atoms with E-state index in [4.69, 9.17) is 5.73 Å². The predicted octanol–water partition coefficient (Wildman–Crippen LogP) is 2.76. The molecule has 0 unspecified atom stereocenters. The highest BCUT2D eigenvalue weighted by Gasteiger charge is 2.14. The summed E-state index contributed by atoms with van der Waals surface area (Å²) in [7, 11) is 0. The molecule has 5 heteroatoms. The summed E-state index contributed by atoms with van der Waals surface area (Å²) in [6.45, 7) is 2.53. The van der Waals surface area contributed by atoms with Gasteiger partial charge in [0, 0.05) is 17.6 Å². The van der Waals surface area contributed by atoms with E-state index < -0.39 is 0 Å². The monoisotopic (exact) mass is 251 g/mol. The first-order valence-corrected chi connectivity index (χ1v) is 6.37. The molecular formula is C12H14FN3S. The summed E-state index contributed by atoms with van der Waals surface area (Å²) in [6, 6.07) is 2.97. The third kappa shape index (κ3) is 2.50. The standard InChI is InChI=1S/C12H14FN3S/c1-2-4-9-10(7-14)17-12(16-9)11-8(13)5-3-6-15-11/h3,5-6H,2,4,7,14H2,1H3. The number of nitrogens with zero attached hydrogens (tertiary/aromatic N) is 2. The molecule has 0 aliphatic rings. The van der Waals surface area contributed by atoms with E-state index in [1.807, 2.05) is 0 Å². The number of halogens is 1. The second-order valence-corrected chi connectivity index (χ2v) is 4.76. The van der Waals surface area contributed by atoms with Crippen LogP contribution in [0.5, 0.6) is 0 Å². The number of aromatic nitrogens is 2. The maximum absolute atomic E-state index is 13.6. The Bertz CT molecular complexity index is 510. The fraction of sp³-hybridized carbons (Fsp3) is 0.333. The molecule has 0 saturated carbocycles. The van der Waals surface area contributed by atoms with Crippen LogP contribution in [0.15, 0.2) is 18.3 Å². The number of hydrogen-bond donors (Lipinski definition) is 1. The fourth-order valence-electron chi connectivity index (χ4n) is 1.62. The Balaban J connectivity index is 2.43. The number of nitrogens with two attached hydrogens (primary N) is 1. The van der Waals surface area contributed by atoms with E-state index in [0.717, 1.165) is 23.4 Å². The SMILES string of the molecule is CCCc1nc(-c2ncccc2F)sc1CN. The molecule has 90 valence electrons. The summed E-state index contributed by atoms with van der Waals surface area (Å²) in [5.74, 6) is -0.340. The molecular weight excluding hydrogens is 237 g/mol. The quantitative estimate of drug-likeness (QED) is 0.909. The van der Waals surface area contributed by atoms with Gasteiger partial charge in [-0.1, -0.05) is 13.3 Å². The molecule has 2 N–H and O–H groups in total. The molecule has 0 saturated heterocycles. The highest BCUT2D eigenvalue weighted by atomic mass is 32.1. The normalized spacial score (nSPS) is 10.8. The van der Waals surface area contributed by atoms with Crippen LogP contribution in [-0.2, 0) is 13.0 Å². The average molecular weight is 251 g/mol. The van der Waals surface area contributed by atoms with Crippen LogP contribution in [0, 0.1) is 5.82 Å². The number of rotatable bonds is 4. The van der Waals surface area contributed by atoms with E-state index in [1.165, 1.54) is 17.4 Å². The van der Waals surface area contributed by atoms with Crippen LogP contribution in [0.25, 0.3) is 10.7 Å². The van der Waals surface area contributed by atoms with Gasteiger partial charge in [0.1, 0.15) is 10.7 Å². The number of pyridine rings is 1. The Labute approximate surface area is 104 Å². The van der Waals surface area contributed by atoms with Crippen molar-refractivity contribution >= 4 is 11.3 Å². The molecule has 0 atom stereocenters. The Morgan fingerprint density at radius 1 is 1.47 bits per heavy atom. The van der Waals surface area contributed by atoms with E-state index in [1.54, 1.807) is 12.3 Å². The summed E-state index contributed by atoms with van der Waals surface area (Å²) in [5.41, 5.74) is 6.95. The van der Waals surface area contributed by atoms with Crippen LogP contribution in [0.2, 0.25) is 0 Å². The fourth-order valence-corrected chi connectivity index (χ4v) is 2.60. The molecule has 0 bridgehead atoms. The Hall–Kier alpha value is -1.33. The smallest absolute Gasteiger partial charge is 0.151 e. The molecule has 0 amide bonds. The third-order valence-electron chi connectivity index (χ3n) is 2.41. The second-order valence-electron chi connectivity index (χ2n) is 3.68. The van der Waals surface area contributed by atoms with Crippen molar-refractivity contribution in [2.24, 2.45) is 5.73 Å². The first-order valence-electron chi connectivity index (χ1n) is 5.55. The molecule has 0 aromatic carbocycles. The zero-order valence-corrected chi connectivity index (χ0v) is 10.4. The van der Waals surface area contributed by atoms with Crippen molar-refractivity contribution in [1.82, 2.24) is 9.97 Å². The summed E-state index contributed by atoms with van der Waals surface area (Å²) in [6.07, 6.45) is 3.44. The van der Waals surface area contributed by atoms with E-state index >= 15 is 0 Å². The van der Waals surface area contributed by atoms with Gasteiger partial charge in [0.25, 0.3) is 0 Å². The Kier molecular flexibility index (Phi) is 3.81.